The predicted molar refractivity (Wildman–Crippen MR) is 135 cm³/mol. The molecule has 0 aromatic heterocycles. The maximum absolute atomic E-state index is 13.6. The summed E-state index contributed by atoms with van der Waals surface area (Å²) in [6, 6.07) is 20.2. The first-order valence-corrected chi connectivity index (χ1v) is 11.5. The van der Waals surface area contributed by atoms with E-state index in [9.17, 15) is 19.7 Å². The average Bonchev–Trinajstić information content (AvgIpc) is 2.82. The Kier molecular flexibility index (Phi) is 6.39. The molecule has 1 aliphatic rings. The van der Waals surface area contributed by atoms with Gasteiger partial charge in [0, 0.05) is 33.6 Å². The first-order chi connectivity index (χ1) is 16.6. The van der Waals surface area contributed by atoms with Gasteiger partial charge in [-0.2, -0.15) is 0 Å². The Bertz CT molecular complexity index is 1360. The van der Waals surface area contributed by atoms with Crippen molar-refractivity contribution in [3.63, 3.8) is 0 Å². The van der Waals surface area contributed by atoms with Crippen LogP contribution in [0, 0.1) is 17.0 Å². The molecule has 0 bridgehead atoms. The van der Waals surface area contributed by atoms with Gasteiger partial charge in [0.25, 0.3) is 0 Å². The van der Waals surface area contributed by atoms with Gasteiger partial charge in [0.05, 0.1) is 5.57 Å². The van der Waals surface area contributed by atoms with Crippen LogP contribution >= 0.6 is 0 Å². The van der Waals surface area contributed by atoms with Crippen molar-refractivity contribution < 1.29 is 19.2 Å². The number of Topliss-reactive ketones (excluding diaryl/α,β-unsaturated/α-hetero) is 2. The van der Waals surface area contributed by atoms with Crippen LogP contribution in [0.2, 0.25) is 0 Å². The van der Waals surface area contributed by atoms with Gasteiger partial charge in [-0.1, -0.05) is 81.4 Å². The highest BCUT2D eigenvalue weighted by atomic mass is 16.6. The van der Waals surface area contributed by atoms with Gasteiger partial charge < -0.3 is 4.74 Å². The molecule has 3 aromatic rings. The molecule has 0 N–H and O–H groups in total. The number of nitrogens with zero attached hydrogens (tertiary/aromatic N) is 1. The summed E-state index contributed by atoms with van der Waals surface area (Å²) in [6.45, 7) is 7.67. The third-order valence-electron chi connectivity index (χ3n) is 6.05. The molecule has 35 heavy (non-hydrogen) atoms. The zero-order chi connectivity index (χ0) is 25.3. The lowest BCUT2D eigenvalue weighted by molar-refractivity contribution is -0.479. The standard InChI is InChI=1S/C29H27NO5/c1-18-16-23(19-10-6-5-7-11-19)27(24(17-18)29(2,3)4)35-28-22(14-15-30(33)34)25(31)20-12-8-9-13-21(20)26(28)32/h5-13,16-17H,14-15H2,1-4H3. The van der Waals surface area contributed by atoms with Gasteiger partial charge in [-0.3, -0.25) is 19.7 Å². The van der Waals surface area contributed by atoms with Gasteiger partial charge in [0.1, 0.15) is 5.75 Å². The van der Waals surface area contributed by atoms with Gasteiger partial charge in [-0.05, 0) is 29.5 Å². The number of aryl methyl sites for hydroxylation is 1. The number of ether oxygens (including phenoxy) is 1. The number of carbonyl (C=O) groups excluding carboxylic acids is 2. The molecule has 3 aromatic carbocycles. The number of hydrogen-bond donors (Lipinski definition) is 0. The van der Waals surface area contributed by atoms with E-state index in [0.717, 1.165) is 22.3 Å². The number of ketones is 2. The van der Waals surface area contributed by atoms with Crippen LogP contribution in [0.5, 0.6) is 5.75 Å². The lowest BCUT2D eigenvalue weighted by Crippen LogP contribution is -2.27. The van der Waals surface area contributed by atoms with E-state index < -0.39 is 23.0 Å². The summed E-state index contributed by atoms with van der Waals surface area (Å²) in [4.78, 5) is 37.6. The minimum Gasteiger partial charge on any atom is -0.452 e. The molecule has 0 saturated carbocycles. The van der Waals surface area contributed by atoms with E-state index in [4.69, 9.17) is 4.74 Å². The Morgan fingerprint density at radius 1 is 0.857 bits per heavy atom. The molecule has 178 valence electrons. The van der Waals surface area contributed by atoms with Crippen molar-refractivity contribution in [2.24, 2.45) is 0 Å². The molecular weight excluding hydrogens is 442 g/mol. The minimum atomic E-state index is -0.495. The highest BCUT2D eigenvalue weighted by molar-refractivity contribution is 6.26. The first kappa shape index (κ1) is 24.1. The summed E-state index contributed by atoms with van der Waals surface area (Å²) < 4.78 is 6.42. The number of nitro groups is 1. The van der Waals surface area contributed by atoms with Crippen molar-refractivity contribution in [3.05, 3.63) is 110 Å². The molecular formula is C29H27NO5. The fraction of sp³-hybridized carbons (Fsp3) is 0.241. The molecule has 4 rings (SSSR count). The molecule has 0 aliphatic heterocycles. The van der Waals surface area contributed by atoms with Crippen LogP contribution in [-0.2, 0) is 5.41 Å². The SMILES string of the molecule is Cc1cc(-c2ccccc2)c(OC2=C(CC[N+](=O)[O-])C(=O)c3ccccc3C2=O)c(C(C)(C)C)c1. The van der Waals surface area contributed by atoms with E-state index in [0.29, 0.717) is 5.75 Å². The largest absolute Gasteiger partial charge is 0.452 e. The van der Waals surface area contributed by atoms with Crippen molar-refractivity contribution in [1.82, 2.24) is 0 Å². The second-order valence-corrected chi connectivity index (χ2v) is 9.73. The quantitative estimate of drug-likeness (QED) is 0.311. The molecule has 0 atom stereocenters. The monoisotopic (exact) mass is 469 g/mol. The number of hydrogen-bond acceptors (Lipinski definition) is 5. The van der Waals surface area contributed by atoms with E-state index in [1.165, 1.54) is 0 Å². The van der Waals surface area contributed by atoms with Crippen molar-refractivity contribution in [2.45, 2.75) is 39.5 Å². The van der Waals surface area contributed by atoms with Crippen molar-refractivity contribution in [3.8, 4) is 16.9 Å². The topological polar surface area (TPSA) is 86.5 Å². The van der Waals surface area contributed by atoms with Crippen molar-refractivity contribution >= 4 is 11.6 Å². The summed E-state index contributed by atoms with van der Waals surface area (Å²) in [5, 5.41) is 11.1. The molecule has 0 unspecified atom stereocenters. The van der Waals surface area contributed by atoms with Gasteiger partial charge >= 0.3 is 0 Å². The molecule has 1 aliphatic carbocycles. The molecule has 0 fully saturated rings. The average molecular weight is 470 g/mol. The van der Waals surface area contributed by atoms with Gasteiger partial charge in [-0.15, -0.1) is 0 Å². The zero-order valence-electron chi connectivity index (χ0n) is 20.3. The smallest absolute Gasteiger partial charge is 0.229 e. The summed E-state index contributed by atoms with van der Waals surface area (Å²) in [6.07, 6.45) is -0.196. The molecule has 6 heteroatoms. The fourth-order valence-corrected chi connectivity index (χ4v) is 4.32. The van der Waals surface area contributed by atoms with E-state index >= 15 is 0 Å². The maximum atomic E-state index is 13.6. The van der Waals surface area contributed by atoms with Crippen LogP contribution in [0.4, 0.5) is 0 Å². The second kappa shape index (κ2) is 9.29. The Morgan fingerprint density at radius 3 is 2.06 bits per heavy atom. The van der Waals surface area contributed by atoms with Crippen molar-refractivity contribution in [1.29, 1.82) is 0 Å². The van der Waals surface area contributed by atoms with E-state index in [1.54, 1.807) is 24.3 Å². The Hall–Kier alpha value is -4.06. The summed E-state index contributed by atoms with van der Waals surface area (Å²) in [5.74, 6) is -0.522. The number of benzene rings is 3. The maximum Gasteiger partial charge on any atom is 0.229 e. The predicted octanol–water partition coefficient (Wildman–Crippen LogP) is 6.34. The number of rotatable bonds is 6. The number of carbonyl (C=O) groups is 2. The zero-order valence-corrected chi connectivity index (χ0v) is 20.3. The van der Waals surface area contributed by atoms with Crippen LogP contribution in [0.25, 0.3) is 11.1 Å². The molecule has 0 radical (unpaired) electrons. The highest BCUT2D eigenvalue weighted by Crippen LogP contribution is 2.42. The lowest BCUT2D eigenvalue weighted by Gasteiger charge is -2.28. The molecule has 0 heterocycles. The molecule has 0 spiro atoms. The first-order valence-electron chi connectivity index (χ1n) is 11.5. The Morgan fingerprint density at radius 2 is 1.46 bits per heavy atom. The minimum absolute atomic E-state index is 0.0323. The van der Waals surface area contributed by atoms with Crippen LogP contribution in [-0.4, -0.2) is 23.0 Å². The number of fused-ring (bicyclic) bond motifs is 1. The highest BCUT2D eigenvalue weighted by Gasteiger charge is 2.36. The fourth-order valence-electron chi connectivity index (χ4n) is 4.32. The Labute approximate surface area is 204 Å². The third-order valence-corrected chi connectivity index (χ3v) is 6.05. The van der Waals surface area contributed by atoms with Gasteiger partial charge in [0.2, 0.25) is 12.3 Å². The van der Waals surface area contributed by atoms with E-state index in [1.807, 2.05) is 49.4 Å². The molecule has 6 nitrogen and oxygen atoms in total. The normalized spacial score (nSPS) is 13.6. The van der Waals surface area contributed by atoms with Crippen molar-refractivity contribution in [2.75, 3.05) is 6.54 Å². The summed E-state index contributed by atoms with van der Waals surface area (Å²) in [5.41, 5.74) is 3.76. The van der Waals surface area contributed by atoms with Crippen LogP contribution in [0.15, 0.2) is 78.1 Å². The molecule has 0 amide bonds. The van der Waals surface area contributed by atoms with Gasteiger partial charge in [0.15, 0.2) is 11.5 Å². The molecule has 0 saturated heterocycles. The van der Waals surface area contributed by atoms with Gasteiger partial charge in [-0.25, -0.2) is 0 Å². The second-order valence-electron chi connectivity index (χ2n) is 9.73. The number of allylic oxidation sites excluding steroid dienone is 1. The summed E-state index contributed by atoms with van der Waals surface area (Å²) >= 11 is 0. The lowest BCUT2D eigenvalue weighted by atomic mass is 9.82. The van der Waals surface area contributed by atoms with E-state index in [-0.39, 0.29) is 34.3 Å². The van der Waals surface area contributed by atoms with E-state index in [2.05, 4.69) is 20.8 Å². The van der Waals surface area contributed by atoms with Crippen LogP contribution < -0.4 is 4.74 Å². The van der Waals surface area contributed by atoms with Crippen LogP contribution in [0.3, 0.4) is 0 Å². The van der Waals surface area contributed by atoms with Crippen LogP contribution in [0.1, 0.15) is 59.0 Å². The third kappa shape index (κ3) is 4.78. The summed E-state index contributed by atoms with van der Waals surface area (Å²) in [7, 11) is 0. The Balaban J connectivity index is 1.96.